The third kappa shape index (κ3) is 11.8. The van der Waals surface area contributed by atoms with Crippen molar-refractivity contribution in [2.45, 2.75) is 215 Å². The maximum atomic E-state index is 9.87. The zero-order valence-corrected chi connectivity index (χ0v) is 56.9. The molecule has 0 heterocycles. The number of hydrogen-bond donors (Lipinski definition) is 0. The van der Waals surface area contributed by atoms with Crippen molar-refractivity contribution in [1.29, 1.82) is 0 Å². The van der Waals surface area contributed by atoms with E-state index in [9.17, 15) is 17.0 Å². The number of allylic oxidation sites excluding steroid dienone is 2. The monoisotopic (exact) mass is 1200 g/mol. The SMILES string of the molecule is C[SiH](C)[Zr]([Cl])([Cl])([CH]1C(CC2CCCCCC2)=Cc2c(-c3ccc(C(C)(C)C)cc3)ccc(-c3ccc(C(C)(C)C)cc3)c21)[CH]1C(CC2CCCCCC2)=Cc2c(-c3ccc(C(C)(C)C)cc3)ccc(-c3ccc(C(C)(C)C)cc3)c21. The first-order valence-electron chi connectivity index (χ1n) is 31.5. The molecule has 6 aromatic rings. The molecule has 0 saturated heterocycles. The summed E-state index contributed by atoms with van der Waals surface area (Å²) in [5.41, 5.74) is 24.7. The van der Waals surface area contributed by atoms with E-state index in [2.05, 4.69) is 230 Å². The number of halogens is 2. The molecule has 10 rings (SSSR count). The van der Waals surface area contributed by atoms with Crippen LogP contribution < -0.4 is 0 Å². The van der Waals surface area contributed by atoms with E-state index in [1.54, 1.807) is 11.1 Å². The van der Waals surface area contributed by atoms with E-state index in [1.165, 1.54) is 166 Å². The zero-order chi connectivity index (χ0) is 57.2. The van der Waals surface area contributed by atoms with Crippen LogP contribution in [0.1, 0.15) is 225 Å². The molecule has 0 aliphatic heterocycles. The van der Waals surface area contributed by atoms with Gasteiger partial charge in [0.1, 0.15) is 0 Å². The van der Waals surface area contributed by atoms with Gasteiger partial charge in [-0.3, -0.25) is 0 Å². The van der Waals surface area contributed by atoms with Crippen molar-refractivity contribution in [2.24, 2.45) is 11.8 Å². The van der Waals surface area contributed by atoms with Gasteiger partial charge < -0.3 is 0 Å². The summed E-state index contributed by atoms with van der Waals surface area (Å²) in [5, 5.41) is 0. The van der Waals surface area contributed by atoms with Crippen LogP contribution in [0.2, 0.25) is 13.1 Å². The molecule has 0 radical (unpaired) electrons. The Morgan fingerprint density at radius 3 is 0.863 bits per heavy atom. The molecule has 423 valence electrons. The predicted molar refractivity (Wildman–Crippen MR) is 353 cm³/mol. The summed E-state index contributed by atoms with van der Waals surface area (Å²) in [5.74, 6) is -0.784. The van der Waals surface area contributed by atoms with Crippen LogP contribution in [0, 0.1) is 11.8 Å². The molecule has 0 spiro atoms. The molecule has 0 N–H and O–H groups in total. The minimum atomic E-state index is -5.59. The fourth-order valence-corrected chi connectivity index (χ4v) is 46.1. The molecule has 4 aliphatic rings. The molecule has 0 amide bonds. The summed E-state index contributed by atoms with van der Waals surface area (Å²) in [6.07, 6.45) is 23.3. The van der Waals surface area contributed by atoms with Crippen molar-refractivity contribution in [2.75, 3.05) is 0 Å². The second-order valence-electron chi connectivity index (χ2n) is 30.1. The van der Waals surface area contributed by atoms with E-state index in [1.807, 2.05) is 0 Å². The van der Waals surface area contributed by atoms with Crippen molar-refractivity contribution in [1.82, 2.24) is 0 Å². The Balaban J connectivity index is 1.29. The first-order valence-corrected chi connectivity index (χ1v) is 47.8. The standard InChI is InChI=1S/2C37H45.C2H7Si.2ClH.Zr/c2*1-36(2,3)30-17-13-28(14-18-30)32-21-22-33(29-15-19-31(20-16-29)37(4,5)6)35-25-27(24-34(32)35)23-26-11-9-7-8-10-12-26;1-3-2;;;/h2*13-22,24-26H,7-12,23H2,1-6H3;3H,1-2H3;2*1H;/q;;;;;+2/p-2. The van der Waals surface area contributed by atoms with Crippen molar-refractivity contribution in [3.05, 3.63) is 177 Å². The quantitative estimate of drug-likeness (QED) is 0.0896. The third-order valence-corrected chi connectivity index (χ3v) is 71.7. The van der Waals surface area contributed by atoms with Crippen LogP contribution in [0.25, 0.3) is 56.7 Å². The van der Waals surface area contributed by atoms with Crippen molar-refractivity contribution >= 4 is 35.1 Å². The molecular weight excluding hydrogens is 1100 g/mol. The van der Waals surface area contributed by atoms with E-state index in [0.717, 1.165) is 12.8 Å². The predicted octanol–water partition coefficient (Wildman–Crippen LogP) is 23.8. The summed E-state index contributed by atoms with van der Waals surface area (Å²) in [6, 6.07) is 48.3. The van der Waals surface area contributed by atoms with Crippen LogP contribution in [0.4, 0.5) is 0 Å². The number of hydrogen-bond acceptors (Lipinski definition) is 0. The van der Waals surface area contributed by atoms with Crippen LogP contribution in [0.15, 0.2) is 132 Å². The van der Waals surface area contributed by atoms with Crippen molar-refractivity contribution < 1.29 is 15.6 Å². The van der Waals surface area contributed by atoms with Gasteiger partial charge in [0.25, 0.3) is 0 Å². The summed E-state index contributed by atoms with van der Waals surface area (Å²) in [7, 11) is 19.7. The normalized spacial score (nSPS) is 19.4. The van der Waals surface area contributed by atoms with Gasteiger partial charge in [0.2, 0.25) is 0 Å². The van der Waals surface area contributed by atoms with Crippen LogP contribution in [0.5, 0.6) is 0 Å². The van der Waals surface area contributed by atoms with Gasteiger partial charge in [-0.25, -0.2) is 0 Å². The molecule has 6 aromatic carbocycles. The van der Waals surface area contributed by atoms with E-state index >= 15 is 0 Å². The Labute approximate surface area is 494 Å². The van der Waals surface area contributed by atoms with Gasteiger partial charge in [0.05, 0.1) is 0 Å². The molecule has 0 nitrogen and oxygen atoms in total. The molecular formula is C76H97Cl2SiZr. The Hall–Kier alpha value is -3.52. The first kappa shape index (κ1) is 59.6. The topological polar surface area (TPSA) is 0 Å². The Morgan fingerprint density at radius 2 is 0.613 bits per heavy atom. The van der Waals surface area contributed by atoms with E-state index < -0.39 is 21.5 Å². The van der Waals surface area contributed by atoms with Crippen molar-refractivity contribution in [3.63, 3.8) is 0 Å². The van der Waals surface area contributed by atoms with Gasteiger partial charge in [-0.05, 0) is 0 Å². The van der Waals surface area contributed by atoms with Gasteiger partial charge in [0, 0.05) is 0 Å². The molecule has 2 fully saturated rings. The summed E-state index contributed by atoms with van der Waals surface area (Å²) in [6.45, 7) is 33.2. The second kappa shape index (κ2) is 22.8. The fraction of sp³-hybridized carbons (Fsp3) is 0.474. The van der Waals surface area contributed by atoms with Gasteiger partial charge in [-0.1, -0.05) is 0 Å². The van der Waals surface area contributed by atoms with Crippen LogP contribution in [-0.4, -0.2) is 5.92 Å². The molecule has 0 aromatic heterocycles. The molecule has 2 atom stereocenters. The zero-order valence-electron chi connectivity index (χ0n) is 51.7. The van der Waals surface area contributed by atoms with Crippen LogP contribution >= 0.6 is 17.0 Å². The number of fused-ring (bicyclic) bond motifs is 2. The van der Waals surface area contributed by atoms with E-state index in [0.29, 0.717) is 11.8 Å². The summed E-state index contributed by atoms with van der Waals surface area (Å²) < 4.78 is -0.0924. The molecule has 80 heavy (non-hydrogen) atoms. The molecule has 0 bridgehead atoms. The fourth-order valence-electron chi connectivity index (χ4n) is 15.0. The average molecular weight is 1200 g/mol. The maximum absolute atomic E-state index is 9.87. The molecule has 2 unspecified atom stereocenters. The van der Waals surface area contributed by atoms with E-state index in [-0.39, 0.29) is 28.9 Å². The van der Waals surface area contributed by atoms with Crippen LogP contribution in [-0.2, 0) is 37.2 Å². The van der Waals surface area contributed by atoms with Gasteiger partial charge in [-0.2, -0.15) is 0 Å². The van der Waals surface area contributed by atoms with Gasteiger partial charge in [-0.15, -0.1) is 0 Å². The Bertz CT molecular complexity index is 3020. The number of rotatable bonds is 11. The molecule has 4 heteroatoms. The first-order chi connectivity index (χ1) is 37.7. The molecule has 2 saturated carbocycles. The van der Waals surface area contributed by atoms with Gasteiger partial charge >= 0.3 is 499 Å². The number of benzene rings is 6. The third-order valence-electron chi connectivity index (χ3n) is 20.0. The average Bonchev–Trinajstić information content (AvgIpc) is 3.83. The van der Waals surface area contributed by atoms with Crippen molar-refractivity contribution in [3.8, 4) is 44.5 Å². The van der Waals surface area contributed by atoms with E-state index in [4.69, 9.17) is 0 Å². The summed E-state index contributed by atoms with van der Waals surface area (Å²) >= 11 is -5.59. The second-order valence-corrected chi connectivity index (χ2v) is 72.6. The van der Waals surface area contributed by atoms with Gasteiger partial charge in [0.15, 0.2) is 0 Å². The Kier molecular flexibility index (Phi) is 17.0. The minimum absolute atomic E-state index is 0.0406. The molecule has 4 aliphatic carbocycles. The van der Waals surface area contributed by atoms with Crippen LogP contribution in [0.3, 0.4) is 0 Å². The Morgan fingerprint density at radius 1 is 0.362 bits per heavy atom. The summed E-state index contributed by atoms with van der Waals surface area (Å²) in [4.78, 5) is 0.